The molecule has 218 valence electrons. The summed E-state index contributed by atoms with van der Waals surface area (Å²) >= 11 is 8.30. The summed E-state index contributed by atoms with van der Waals surface area (Å²) in [5.41, 5.74) is 1.43. The molecule has 3 unspecified atom stereocenters. The molecule has 3 aliphatic heterocycles. The number of aliphatic hydroxyl groups is 1. The zero-order valence-electron chi connectivity index (χ0n) is 24.2. The number of aryl methyl sites for hydroxylation is 1. The summed E-state index contributed by atoms with van der Waals surface area (Å²) in [5, 5.41) is 11.0. The summed E-state index contributed by atoms with van der Waals surface area (Å²) in [4.78, 5) is 48.2. The molecule has 7 nitrogen and oxygen atoms in total. The first kappa shape index (κ1) is 30.7. The van der Waals surface area contributed by atoms with Gasteiger partial charge in [0.25, 0.3) is 5.91 Å². The fraction of sp³-hybridized carbons (Fsp3) is 0.581. The number of benzene rings is 1. The zero-order valence-corrected chi connectivity index (χ0v) is 25.8. The number of halogens is 1. The van der Waals surface area contributed by atoms with Crippen LogP contribution in [0.15, 0.2) is 43.5 Å². The summed E-state index contributed by atoms with van der Waals surface area (Å²) in [6.45, 7) is 16.1. The van der Waals surface area contributed by atoms with Crippen molar-refractivity contribution in [2.45, 2.75) is 62.6 Å². The second kappa shape index (κ2) is 11.9. The van der Waals surface area contributed by atoms with Gasteiger partial charge in [-0.05, 0) is 43.2 Å². The fourth-order valence-corrected chi connectivity index (χ4v) is 10.0. The lowest BCUT2D eigenvalue weighted by molar-refractivity contribution is -0.145. The van der Waals surface area contributed by atoms with Crippen molar-refractivity contribution in [1.82, 2.24) is 9.80 Å². The average molecular weight is 588 g/mol. The average Bonchev–Trinajstić information content (AvgIpc) is 3.49. The topological polar surface area (TPSA) is 81.2 Å². The third-order valence-electron chi connectivity index (χ3n) is 8.87. The second-order valence-corrected chi connectivity index (χ2v) is 13.9. The summed E-state index contributed by atoms with van der Waals surface area (Å²) < 4.78 is -0.798. The SMILES string of the molecule is C=CCN(C)C(=O)[C@@H]1[C@@H]2CC(C)C3(S2)C(C(=O)N(CC=C)c2c(C)cccc2Cl)N([C@@H](CO)CC(C)C)C(=O)[C@H]13. The van der Waals surface area contributed by atoms with Gasteiger partial charge in [0.2, 0.25) is 11.8 Å². The Labute approximate surface area is 247 Å². The lowest BCUT2D eigenvalue weighted by Gasteiger charge is -2.42. The molecule has 3 saturated heterocycles. The quantitative estimate of drug-likeness (QED) is 0.384. The molecule has 1 N–H and O–H groups in total. The van der Waals surface area contributed by atoms with Crippen molar-refractivity contribution in [2.75, 3.05) is 31.6 Å². The van der Waals surface area contributed by atoms with E-state index in [1.165, 1.54) is 0 Å². The number of nitrogens with zero attached hydrogens (tertiary/aromatic N) is 3. The van der Waals surface area contributed by atoms with Gasteiger partial charge in [-0.15, -0.1) is 24.9 Å². The van der Waals surface area contributed by atoms with Gasteiger partial charge >= 0.3 is 0 Å². The molecule has 9 heteroatoms. The molecule has 3 aliphatic rings. The number of carbonyl (C=O) groups is 3. The highest BCUT2D eigenvalue weighted by Crippen LogP contribution is 2.69. The van der Waals surface area contributed by atoms with E-state index in [-0.39, 0.29) is 48.0 Å². The summed E-state index contributed by atoms with van der Waals surface area (Å²) in [6, 6.07) is 4.09. The van der Waals surface area contributed by atoms with E-state index in [1.807, 2.05) is 32.9 Å². The van der Waals surface area contributed by atoms with Crippen molar-refractivity contribution in [3.05, 3.63) is 54.1 Å². The van der Waals surface area contributed by atoms with Gasteiger partial charge in [-0.1, -0.05) is 56.7 Å². The number of hydrogen-bond acceptors (Lipinski definition) is 5. The number of fused-ring (bicyclic) bond motifs is 1. The molecule has 1 aromatic rings. The molecule has 0 aromatic heterocycles. The largest absolute Gasteiger partial charge is 0.394 e. The van der Waals surface area contributed by atoms with Crippen LogP contribution in [0.2, 0.25) is 5.02 Å². The number of thioether (sulfide) groups is 1. The Morgan fingerprint density at radius 2 is 1.93 bits per heavy atom. The third kappa shape index (κ3) is 4.80. The molecule has 0 radical (unpaired) electrons. The van der Waals surface area contributed by atoms with Gasteiger partial charge in [-0.3, -0.25) is 14.4 Å². The highest BCUT2D eigenvalue weighted by atomic mass is 35.5. The molecule has 2 bridgehead atoms. The van der Waals surface area contributed by atoms with Crippen molar-refractivity contribution in [2.24, 2.45) is 23.7 Å². The van der Waals surface area contributed by atoms with Gasteiger partial charge in [-0.25, -0.2) is 0 Å². The molecule has 0 saturated carbocycles. The number of likely N-dealkylation sites (N-methyl/N-ethyl adjacent to an activating group) is 1. The molecular formula is C31H42ClN3O4S. The molecule has 1 aromatic carbocycles. The molecule has 3 fully saturated rings. The van der Waals surface area contributed by atoms with E-state index < -0.39 is 28.7 Å². The van der Waals surface area contributed by atoms with Crippen molar-refractivity contribution >= 4 is 46.8 Å². The van der Waals surface area contributed by atoms with E-state index >= 15 is 0 Å². The molecule has 3 heterocycles. The number of amides is 3. The van der Waals surface area contributed by atoms with Gasteiger partial charge in [0, 0.05) is 25.4 Å². The molecular weight excluding hydrogens is 546 g/mol. The Morgan fingerprint density at radius 3 is 2.50 bits per heavy atom. The van der Waals surface area contributed by atoms with Crippen LogP contribution < -0.4 is 4.90 Å². The number of hydrogen-bond donors (Lipinski definition) is 1. The minimum Gasteiger partial charge on any atom is -0.394 e. The predicted molar refractivity (Wildman–Crippen MR) is 162 cm³/mol. The van der Waals surface area contributed by atoms with Gasteiger partial charge < -0.3 is 19.8 Å². The highest BCUT2D eigenvalue weighted by Gasteiger charge is 2.77. The van der Waals surface area contributed by atoms with Crippen molar-refractivity contribution < 1.29 is 19.5 Å². The number of rotatable bonds is 11. The van der Waals surface area contributed by atoms with Crippen LogP contribution in [0.4, 0.5) is 5.69 Å². The Morgan fingerprint density at radius 1 is 1.25 bits per heavy atom. The van der Waals surface area contributed by atoms with E-state index in [4.69, 9.17) is 11.6 Å². The summed E-state index contributed by atoms with van der Waals surface area (Å²) in [5.74, 6) is -1.54. The van der Waals surface area contributed by atoms with Crippen LogP contribution >= 0.6 is 23.4 Å². The zero-order chi connectivity index (χ0) is 29.5. The number of para-hydroxylation sites is 1. The van der Waals surface area contributed by atoms with Crippen molar-refractivity contribution in [1.29, 1.82) is 0 Å². The maximum absolute atomic E-state index is 14.9. The molecule has 1 spiro atoms. The Bertz CT molecular complexity index is 1170. The van der Waals surface area contributed by atoms with Crippen LogP contribution in [0, 0.1) is 30.6 Å². The minimum absolute atomic E-state index is 0.0143. The summed E-state index contributed by atoms with van der Waals surface area (Å²) in [7, 11) is 1.73. The van der Waals surface area contributed by atoms with Crippen LogP contribution in [0.5, 0.6) is 0 Å². The maximum atomic E-state index is 14.9. The standard InChI is InChI=1S/C31H42ClN3O4S/c1-8-13-33(7)28(37)24-23-16-20(6)31(40-23)25(24)29(38)35(21(17-36)15-18(3)4)27(31)30(39)34(14-9-2)26-19(5)11-10-12-22(26)32/h8-12,18,20-21,23-25,27,36H,1-2,13-17H2,3-7H3/t20?,21-,23+,24-,25+,27?,31?/m1/s1. The number of anilines is 1. The Kier molecular flexibility index (Phi) is 9.13. The van der Waals surface area contributed by atoms with Gasteiger partial charge in [0.15, 0.2) is 0 Å². The molecule has 3 amide bonds. The maximum Gasteiger partial charge on any atom is 0.251 e. The summed E-state index contributed by atoms with van der Waals surface area (Å²) in [6.07, 6.45) is 4.62. The van der Waals surface area contributed by atoms with E-state index in [1.54, 1.807) is 51.7 Å². The third-order valence-corrected chi connectivity index (χ3v) is 11.2. The fourth-order valence-electron chi connectivity index (χ4n) is 7.31. The van der Waals surface area contributed by atoms with Crippen LogP contribution in [0.25, 0.3) is 0 Å². The van der Waals surface area contributed by atoms with Crippen LogP contribution in [-0.4, -0.2) is 81.5 Å². The van der Waals surface area contributed by atoms with Crippen molar-refractivity contribution in [3.8, 4) is 0 Å². The number of carbonyl (C=O) groups excluding carboxylic acids is 3. The Balaban J connectivity index is 1.90. The monoisotopic (exact) mass is 587 g/mol. The van der Waals surface area contributed by atoms with Gasteiger partial charge in [-0.2, -0.15) is 0 Å². The Hall–Kier alpha value is -2.29. The predicted octanol–water partition coefficient (Wildman–Crippen LogP) is 4.56. The molecule has 4 rings (SSSR count). The highest BCUT2D eigenvalue weighted by molar-refractivity contribution is 8.02. The lowest BCUT2D eigenvalue weighted by atomic mass is 9.65. The number of likely N-dealkylation sites (tertiary alicyclic amines) is 1. The first-order valence-electron chi connectivity index (χ1n) is 14.1. The number of aliphatic hydroxyl groups excluding tert-OH is 1. The van der Waals surface area contributed by atoms with E-state index in [0.717, 1.165) is 12.0 Å². The normalized spacial score (nSPS) is 29.4. The van der Waals surface area contributed by atoms with E-state index in [0.29, 0.717) is 23.7 Å². The van der Waals surface area contributed by atoms with Gasteiger partial charge in [0.1, 0.15) is 6.04 Å². The first-order valence-corrected chi connectivity index (χ1v) is 15.4. The second-order valence-electron chi connectivity index (χ2n) is 11.9. The molecule has 0 aliphatic carbocycles. The molecule has 40 heavy (non-hydrogen) atoms. The van der Waals surface area contributed by atoms with E-state index in [2.05, 4.69) is 20.1 Å². The van der Waals surface area contributed by atoms with Crippen LogP contribution in [-0.2, 0) is 14.4 Å². The molecule has 7 atom stereocenters. The van der Waals surface area contributed by atoms with Crippen LogP contribution in [0.3, 0.4) is 0 Å². The lowest BCUT2D eigenvalue weighted by Crippen LogP contribution is -2.59. The van der Waals surface area contributed by atoms with Gasteiger partial charge in [0.05, 0.1) is 39.9 Å². The van der Waals surface area contributed by atoms with Crippen molar-refractivity contribution in [3.63, 3.8) is 0 Å². The smallest absolute Gasteiger partial charge is 0.251 e. The van der Waals surface area contributed by atoms with E-state index in [9.17, 15) is 19.5 Å². The minimum atomic E-state index is -0.857. The first-order chi connectivity index (χ1) is 19.0. The van der Waals surface area contributed by atoms with Crippen LogP contribution in [0.1, 0.15) is 39.2 Å².